The molecule has 1 heterocycles. The van der Waals surface area contributed by atoms with Crippen LogP contribution in [0.4, 0.5) is 11.4 Å². The molecule has 1 fully saturated rings. The lowest BCUT2D eigenvalue weighted by atomic mass is 10.1. The molecular formula is C25H24Cl4N2O3. The van der Waals surface area contributed by atoms with Crippen molar-refractivity contribution in [1.29, 1.82) is 0 Å². The number of hydrogen-bond acceptors (Lipinski definition) is 5. The summed E-state index contributed by atoms with van der Waals surface area (Å²) in [6, 6.07) is 14.9. The number of morpholine rings is 1. The van der Waals surface area contributed by atoms with Crippen molar-refractivity contribution in [1.82, 2.24) is 0 Å². The summed E-state index contributed by atoms with van der Waals surface area (Å²) in [4.78, 5) is 2.23. The van der Waals surface area contributed by atoms with Gasteiger partial charge >= 0.3 is 0 Å². The first kappa shape index (κ1) is 25.1. The highest BCUT2D eigenvalue weighted by molar-refractivity contribution is 6.36. The molecule has 0 aromatic heterocycles. The van der Waals surface area contributed by atoms with Gasteiger partial charge in [0.05, 0.1) is 31.0 Å². The molecule has 1 aliphatic heterocycles. The fraction of sp³-hybridized carbons (Fsp3) is 0.280. The molecule has 0 spiro atoms. The summed E-state index contributed by atoms with van der Waals surface area (Å²) in [5.74, 6) is 1.07. The van der Waals surface area contributed by atoms with E-state index in [1.165, 1.54) is 0 Å². The maximum atomic E-state index is 6.55. The zero-order valence-corrected chi connectivity index (χ0v) is 21.6. The Morgan fingerprint density at radius 1 is 0.882 bits per heavy atom. The summed E-state index contributed by atoms with van der Waals surface area (Å²) in [6.07, 6.45) is 0. The monoisotopic (exact) mass is 540 g/mol. The van der Waals surface area contributed by atoms with E-state index >= 15 is 0 Å². The first-order chi connectivity index (χ1) is 16.5. The second kappa shape index (κ2) is 11.6. The van der Waals surface area contributed by atoms with Gasteiger partial charge in [0, 0.05) is 52.0 Å². The third-order valence-electron chi connectivity index (χ3n) is 5.55. The molecule has 180 valence electrons. The maximum absolute atomic E-state index is 6.55. The molecule has 0 amide bonds. The molecule has 0 unspecified atom stereocenters. The fourth-order valence-electron chi connectivity index (χ4n) is 3.68. The van der Waals surface area contributed by atoms with Crippen molar-refractivity contribution in [3.63, 3.8) is 0 Å². The largest absolute Gasteiger partial charge is 0.493 e. The van der Waals surface area contributed by atoms with Gasteiger partial charge in [-0.3, -0.25) is 0 Å². The Morgan fingerprint density at radius 3 is 2.29 bits per heavy atom. The van der Waals surface area contributed by atoms with Gasteiger partial charge in [0.25, 0.3) is 0 Å². The summed E-state index contributed by atoms with van der Waals surface area (Å²) in [5.41, 5.74) is 3.46. The number of halogens is 4. The molecule has 1 saturated heterocycles. The molecule has 3 aromatic rings. The van der Waals surface area contributed by atoms with Gasteiger partial charge in [-0.2, -0.15) is 0 Å². The molecule has 5 nitrogen and oxygen atoms in total. The Kier molecular flexibility index (Phi) is 8.56. The lowest BCUT2D eigenvalue weighted by molar-refractivity contribution is 0.122. The van der Waals surface area contributed by atoms with E-state index in [1.807, 2.05) is 24.3 Å². The van der Waals surface area contributed by atoms with Crippen LogP contribution >= 0.6 is 46.4 Å². The van der Waals surface area contributed by atoms with Gasteiger partial charge in [-0.05, 0) is 42.0 Å². The van der Waals surface area contributed by atoms with Gasteiger partial charge in [0.1, 0.15) is 6.61 Å². The number of anilines is 2. The number of ether oxygens (including phenoxy) is 3. The van der Waals surface area contributed by atoms with Crippen molar-refractivity contribution in [3.05, 3.63) is 79.7 Å². The molecule has 0 bridgehead atoms. The van der Waals surface area contributed by atoms with Crippen LogP contribution in [0.2, 0.25) is 20.1 Å². The van der Waals surface area contributed by atoms with Crippen LogP contribution in [-0.2, 0) is 17.9 Å². The minimum Gasteiger partial charge on any atom is -0.493 e. The molecular weight excluding hydrogens is 518 g/mol. The highest BCUT2D eigenvalue weighted by Gasteiger charge is 2.16. The number of benzene rings is 3. The molecule has 9 heteroatoms. The third-order valence-corrected chi connectivity index (χ3v) is 6.91. The van der Waals surface area contributed by atoms with Crippen LogP contribution in [0.1, 0.15) is 11.1 Å². The molecule has 0 saturated carbocycles. The van der Waals surface area contributed by atoms with Gasteiger partial charge < -0.3 is 24.4 Å². The van der Waals surface area contributed by atoms with E-state index in [4.69, 9.17) is 60.6 Å². The highest BCUT2D eigenvalue weighted by atomic mass is 35.5. The predicted octanol–water partition coefficient (Wildman–Crippen LogP) is 7.34. The lowest BCUT2D eigenvalue weighted by Gasteiger charge is -2.29. The van der Waals surface area contributed by atoms with Gasteiger partial charge in [-0.15, -0.1) is 0 Å². The van der Waals surface area contributed by atoms with E-state index < -0.39 is 0 Å². The van der Waals surface area contributed by atoms with Crippen molar-refractivity contribution >= 4 is 57.8 Å². The van der Waals surface area contributed by atoms with Crippen molar-refractivity contribution in [2.24, 2.45) is 0 Å². The molecule has 1 N–H and O–H groups in total. The van der Waals surface area contributed by atoms with E-state index in [1.54, 1.807) is 31.4 Å². The van der Waals surface area contributed by atoms with E-state index in [0.29, 0.717) is 56.9 Å². The number of nitrogens with zero attached hydrogens (tertiary/aromatic N) is 1. The zero-order valence-electron chi connectivity index (χ0n) is 18.5. The quantitative estimate of drug-likeness (QED) is 0.323. The summed E-state index contributed by atoms with van der Waals surface area (Å²) in [6.45, 7) is 3.76. The van der Waals surface area contributed by atoms with Crippen LogP contribution in [0.15, 0.2) is 48.5 Å². The standard InChI is InChI=1S/C25H24Cl4N2O3/c1-32-24-11-16(21(28)13-25(24)34-15-18-19(26)3-2-4-20(18)27)14-30-17-5-6-23(22(29)12-17)31-7-9-33-10-8-31/h2-6,11-13,30H,7-10,14-15H2,1H3. The Hall–Kier alpha value is -2.02. The van der Waals surface area contributed by atoms with Crippen LogP contribution in [0.5, 0.6) is 11.5 Å². The number of methoxy groups -OCH3 is 1. The maximum Gasteiger partial charge on any atom is 0.163 e. The normalized spacial score (nSPS) is 13.6. The van der Waals surface area contributed by atoms with Gasteiger partial charge in [-0.1, -0.05) is 52.5 Å². The van der Waals surface area contributed by atoms with Crippen LogP contribution in [-0.4, -0.2) is 33.4 Å². The first-order valence-electron chi connectivity index (χ1n) is 10.7. The van der Waals surface area contributed by atoms with Crippen molar-refractivity contribution in [2.45, 2.75) is 13.2 Å². The molecule has 4 rings (SSSR count). The van der Waals surface area contributed by atoms with Crippen molar-refractivity contribution < 1.29 is 14.2 Å². The van der Waals surface area contributed by atoms with Crippen molar-refractivity contribution in [3.8, 4) is 11.5 Å². The fourth-order valence-corrected chi connectivity index (χ4v) is 4.71. The van der Waals surface area contributed by atoms with Crippen LogP contribution in [0.25, 0.3) is 0 Å². The summed E-state index contributed by atoms with van der Waals surface area (Å²) in [7, 11) is 1.58. The smallest absolute Gasteiger partial charge is 0.163 e. The Bertz CT molecular complexity index is 1130. The van der Waals surface area contributed by atoms with Crippen LogP contribution in [0, 0.1) is 0 Å². The molecule has 0 radical (unpaired) electrons. The van der Waals surface area contributed by atoms with Gasteiger partial charge in [-0.25, -0.2) is 0 Å². The summed E-state index contributed by atoms with van der Waals surface area (Å²) in [5, 5.41) is 5.69. The molecule has 0 atom stereocenters. The van der Waals surface area contributed by atoms with Gasteiger partial charge in [0.15, 0.2) is 11.5 Å². The van der Waals surface area contributed by atoms with Crippen molar-refractivity contribution in [2.75, 3.05) is 43.6 Å². The van der Waals surface area contributed by atoms with Crippen LogP contribution < -0.4 is 19.7 Å². The molecule has 34 heavy (non-hydrogen) atoms. The third kappa shape index (κ3) is 5.96. The van der Waals surface area contributed by atoms with Gasteiger partial charge in [0.2, 0.25) is 0 Å². The average Bonchev–Trinajstić information content (AvgIpc) is 2.83. The second-order valence-electron chi connectivity index (χ2n) is 7.70. The average molecular weight is 542 g/mol. The molecule has 3 aromatic carbocycles. The number of hydrogen-bond donors (Lipinski definition) is 1. The molecule has 1 aliphatic rings. The first-order valence-corrected chi connectivity index (χ1v) is 12.3. The Labute approximate surface area is 219 Å². The van der Waals surface area contributed by atoms with E-state index in [2.05, 4.69) is 10.2 Å². The lowest BCUT2D eigenvalue weighted by Crippen LogP contribution is -2.36. The topological polar surface area (TPSA) is 43.0 Å². The number of rotatable bonds is 8. The van der Waals surface area contributed by atoms with Crippen LogP contribution in [0.3, 0.4) is 0 Å². The minimum absolute atomic E-state index is 0.191. The zero-order chi connectivity index (χ0) is 24.1. The summed E-state index contributed by atoms with van der Waals surface area (Å²) < 4.78 is 16.9. The highest BCUT2D eigenvalue weighted by Crippen LogP contribution is 2.36. The van der Waals surface area contributed by atoms with E-state index in [9.17, 15) is 0 Å². The Balaban J connectivity index is 1.44. The second-order valence-corrected chi connectivity index (χ2v) is 9.33. The minimum atomic E-state index is 0.191. The van der Waals surface area contributed by atoms with E-state index in [0.717, 1.165) is 30.0 Å². The SMILES string of the molecule is COc1cc(CNc2ccc(N3CCOCC3)c(Cl)c2)c(Cl)cc1OCc1c(Cl)cccc1Cl. The Morgan fingerprint density at radius 2 is 1.62 bits per heavy atom. The molecule has 0 aliphatic carbocycles. The predicted molar refractivity (Wildman–Crippen MR) is 141 cm³/mol. The summed E-state index contributed by atoms with van der Waals surface area (Å²) >= 11 is 25.6. The van der Waals surface area contributed by atoms with E-state index in [-0.39, 0.29) is 6.61 Å². The number of nitrogens with one attached hydrogen (secondary N) is 1.